The highest BCUT2D eigenvalue weighted by molar-refractivity contribution is 5.96. The van der Waals surface area contributed by atoms with E-state index in [-0.39, 0.29) is 37.0 Å². The van der Waals surface area contributed by atoms with Crippen molar-refractivity contribution >= 4 is 11.8 Å². The van der Waals surface area contributed by atoms with Crippen LogP contribution in [0.3, 0.4) is 0 Å². The number of primary amides is 1. The van der Waals surface area contributed by atoms with Crippen LogP contribution in [0.5, 0.6) is 11.5 Å². The quantitative estimate of drug-likeness (QED) is 0.247. The van der Waals surface area contributed by atoms with Crippen LogP contribution in [0.1, 0.15) is 22.0 Å². The molecular weight excluding hydrogens is 454 g/mol. The summed E-state index contributed by atoms with van der Waals surface area (Å²) in [5.41, 5.74) is 7.94. The van der Waals surface area contributed by atoms with Gasteiger partial charge in [0.15, 0.2) is 0 Å². The Morgan fingerprint density at radius 1 is 1.31 bits per heavy atom. The van der Waals surface area contributed by atoms with Crippen molar-refractivity contribution in [2.75, 3.05) is 26.3 Å². The van der Waals surface area contributed by atoms with Crippen LogP contribution in [0.15, 0.2) is 66.0 Å². The van der Waals surface area contributed by atoms with Gasteiger partial charge in [-0.15, -0.1) is 0 Å². The molecule has 7 N–H and O–H groups in total. The summed E-state index contributed by atoms with van der Waals surface area (Å²) >= 11 is 0. The molecule has 1 aliphatic carbocycles. The summed E-state index contributed by atoms with van der Waals surface area (Å²) in [6.07, 6.45) is 3.79. The number of carbonyl (C=O) groups excluding carboxylic acids is 2. The fraction of sp³-hybridized carbons (Fsp3) is 0.292. The molecular formula is C24H27N5O6. The van der Waals surface area contributed by atoms with Crippen molar-refractivity contribution in [3.05, 3.63) is 77.3 Å². The van der Waals surface area contributed by atoms with E-state index >= 15 is 0 Å². The zero-order valence-electron chi connectivity index (χ0n) is 18.9. The smallest absolute Gasteiger partial charge is 0.252 e. The number of H-pyrrole nitrogens is 1. The van der Waals surface area contributed by atoms with E-state index in [9.17, 15) is 19.8 Å². The molecule has 35 heavy (non-hydrogen) atoms. The lowest BCUT2D eigenvalue weighted by Gasteiger charge is -2.27. The molecule has 11 nitrogen and oxygen atoms in total. The molecule has 2 amide bonds. The minimum atomic E-state index is -0.816. The molecule has 2 aromatic rings. The maximum atomic E-state index is 12.6. The molecule has 4 rings (SSSR count). The number of phenols is 1. The number of aromatic amines is 1. The Balaban J connectivity index is 1.25. The van der Waals surface area contributed by atoms with E-state index in [0.717, 1.165) is 5.57 Å². The summed E-state index contributed by atoms with van der Waals surface area (Å²) in [6, 6.07) is 5.97. The zero-order chi connectivity index (χ0) is 24.9. The van der Waals surface area contributed by atoms with Crippen LogP contribution in [0.25, 0.3) is 0 Å². The number of aliphatic hydroxyl groups excluding tert-OH is 1. The number of benzene rings is 1. The topological polar surface area (TPSA) is 172 Å². The standard InChI is InChI=1S/C24H27N5O6/c1-13-2-4-17-20(21(24(33)28-17)18-6-7-27-29-18)22(13)35-12-14(30)11-26-8-9-34-15-3-5-19(31)16(10-15)23(25)32/h2-7,10,14,21-22,26,30-31H,1,8-9,11-12H2,(H2,25,32)(H,27,29)(H,28,33). The fourth-order valence-electron chi connectivity index (χ4n) is 3.99. The van der Waals surface area contributed by atoms with Crippen molar-refractivity contribution in [2.45, 2.75) is 18.1 Å². The Hall–Kier alpha value is -3.93. The lowest BCUT2D eigenvalue weighted by atomic mass is 9.86. The molecule has 11 heteroatoms. The Morgan fingerprint density at radius 3 is 2.89 bits per heavy atom. The summed E-state index contributed by atoms with van der Waals surface area (Å²) in [5.74, 6) is -1.31. The van der Waals surface area contributed by atoms with Crippen molar-refractivity contribution in [1.82, 2.24) is 20.8 Å². The number of amides is 2. The molecule has 0 bridgehead atoms. The van der Waals surface area contributed by atoms with Gasteiger partial charge in [0.1, 0.15) is 30.1 Å². The van der Waals surface area contributed by atoms with Gasteiger partial charge in [-0.25, -0.2) is 0 Å². The third-order valence-electron chi connectivity index (χ3n) is 5.67. The van der Waals surface area contributed by atoms with Crippen LogP contribution < -0.4 is 21.1 Å². The number of ether oxygens (including phenoxy) is 2. The van der Waals surface area contributed by atoms with Gasteiger partial charge in [0, 0.05) is 30.6 Å². The van der Waals surface area contributed by atoms with E-state index < -0.39 is 24.0 Å². The van der Waals surface area contributed by atoms with Gasteiger partial charge in [0.05, 0.1) is 24.0 Å². The van der Waals surface area contributed by atoms with E-state index in [1.165, 1.54) is 18.2 Å². The molecule has 1 aromatic heterocycles. The predicted octanol–water partition coefficient (Wildman–Crippen LogP) is 0.222. The lowest BCUT2D eigenvalue weighted by molar-refractivity contribution is -0.120. The van der Waals surface area contributed by atoms with Gasteiger partial charge in [-0.05, 0) is 35.9 Å². The number of allylic oxidation sites excluding steroid dienone is 1. The third-order valence-corrected chi connectivity index (χ3v) is 5.67. The Morgan fingerprint density at radius 2 is 2.14 bits per heavy atom. The molecule has 3 atom stereocenters. The zero-order valence-corrected chi connectivity index (χ0v) is 18.9. The maximum absolute atomic E-state index is 12.6. The van der Waals surface area contributed by atoms with E-state index in [0.29, 0.717) is 29.3 Å². The molecule has 2 aliphatic rings. The number of aliphatic hydroxyl groups is 1. The summed E-state index contributed by atoms with van der Waals surface area (Å²) in [5, 5.41) is 32.7. The Bertz CT molecular complexity index is 1170. The highest BCUT2D eigenvalue weighted by atomic mass is 16.5. The van der Waals surface area contributed by atoms with Gasteiger partial charge in [-0.1, -0.05) is 12.7 Å². The number of carbonyl (C=O) groups is 2. The number of aromatic hydroxyl groups is 1. The van der Waals surface area contributed by atoms with Gasteiger partial charge < -0.3 is 36.1 Å². The van der Waals surface area contributed by atoms with Crippen LogP contribution in [-0.4, -0.2) is 70.7 Å². The second kappa shape index (κ2) is 10.6. The minimum Gasteiger partial charge on any atom is -0.507 e. The van der Waals surface area contributed by atoms with Gasteiger partial charge in [-0.3, -0.25) is 14.7 Å². The molecule has 3 unspecified atom stereocenters. The van der Waals surface area contributed by atoms with Gasteiger partial charge >= 0.3 is 0 Å². The van der Waals surface area contributed by atoms with Crippen molar-refractivity contribution < 1.29 is 29.3 Å². The Kier molecular flexibility index (Phi) is 7.30. The van der Waals surface area contributed by atoms with Crippen LogP contribution in [0.4, 0.5) is 0 Å². The minimum absolute atomic E-state index is 0.0191. The van der Waals surface area contributed by atoms with Crippen LogP contribution >= 0.6 is 0 Å². The molecule has 0 radical (unpaired) electrons. The molecule has 0 spiro atoms. The second-order valence-electron chi connectivity index (χ2n) is 8.17. The molecule has 0 saturated carbocycles. The van der Waals surface area contributed by atoms with Gasteiger partial charge in [0.2, 0.25) is 5.91 Å². The number of hydrogen-bond donors (Lipinski definition) is 6. The third kappa shape index (κ3) is 5.43. The fourth-order valence-corrected chi connectivity index (χ4v) is 3.99. The van der Waals surface area contributed by atoms with Crippen molar-refractivity contribution in [3.63, 3.8) is 0 Å². The SMILES string of the molecule is C=C1C=CC2=C(C1OCC(O)CNCCOc1ccc(O)c(C(N)=O)c1)C(c1ccn[nH]1)C(=O)N2. The Labute approximate surface area is 201 Å². The van der Waals surface area contributed by atoms with Crippen LogP contribution in [-0.2, 0) is 9.53 Å². The van der Waals surface area contributed by atoms with Crippen LogP contribution in [0, 0.1) is 0 Å². The molecule has 0 fully saturated rings. The number of nitrogens with zero attached hydrogens (tertiary/aromatic N) is 1. The first-order chi connectivity index (χ1) is 16.8. The van der Waals surface area contributed by atoms with Crippen LogP contribution in [0.2, 0.25) is 0 Å². The van der Waals surface area contributed by atoms with E-state index in [4.69, 9.17) is 15.2 Å². The normalized spacial score (nSPS) is 20.0. The molecule has 2 heterocycles. The van der Waals surface area contributed by atoms with E-state index in [2.05, 4.69) is 27.4 Å². The lowest BCUT2D eigenvalue weighted by Crippen LogP contribution is -2.35. The predicted molar refractivity (Wildman–Crippen MR) is 126 cm³/mol. The first kappa shape index (κ1) is 24.2. The first-order valence-corrected chi connectivity index (χ1v) is 11.0. The second-order valence-corrected chi connectivity index (χ2v) is 8.17. The largest absolute Gasteiger partial charge is 0.507 e. The number of hydrogen-bond acceptors (Lipinski definition) is 8. The van der Waals surface area contributed by atoms with Crippen molar-refractivity contribution in [1.29, 1.82) is 0 Å². The molecule has 1 aromatic carbocycles. The molecule has 0 saturated heterocycles. The monoisotopic (exact) mass is 481 g/mol. The summed E-state index contributed by atoms with van der Waals surface area (Å²) < 4.78 is 11.5. The number of aromatic nitrogens is 2. The maximum Gasteiger partial charge on any atom is 0.252 e. The number of nitrogens with two attached hydrogens (primary N) is 1. The van der Waals surface area contributed by atoms with Gasteiger partial charge in [-0.2, -0.15) is 5.10 Å². The van der Waals surface area contributed by atoms with Crippen molar-refractivity contribution in [3.8, 4) is 11.5 Å². The molecule has 1 aliphatic heterocycles. The number of rotatable bonds is 11. The van der Waals surface area contributed by atoms with Gasteiger partial charge in [0.25, 0.3) is 5.91 Å². The highest BCUT2D eigenvalue weighted by Gasteiger charge is 2.41. The average Bonchev–Trinajstić information content (AvgIpc) is 3.46. The summed E-state index contributed by atoms with van der Waals surface area (Å²) in [4.78, 5) is 23.9. The van der Waals surface area contributed by atoms with E-state index in [1.807, 2.05) is 0 Å². The van der Waals surface area contributed by atoms with E-state index in [1.54, 1.807) is 24.4 Å². The number of nitrogens with one attached hydrogen (secondary N) is 3. The highest BCUT2D eigenvalue weighted by Crippen LogP contribution is 2.39. The average molecular weight is 482 g/mol. The molecule has 184 valence electrons. The summed E-state index contributed by atoms with van der Waals surface area (Å²) in [7, 11) is 0. The van der Waals surface area contributed by atoms with Crippen molar-refractivity contribution in [2.24, 2.45) is 5.73 Å². The summed E-state index contributed by atoms with van der Waals surface area (Å²) in [6.45, 7) is 4.98. The first-order valence-electron chi connectivity index (χ1n) is 11.0.